The quantitative estimate of drug-likeness (QED) is 0.781. The number of pyridine rings is 1. The van der Waals surface area contributed by atoms with E-state index in [1.165, 1.54) is 16.3 Å². The number of carbonyl (C=O) groups excluding carboxylic acids is 1. The molecule has 3 heterocycles. The van der Waals surface area contributed by atoms with E-state index in [1.807, 2.05) is 35.7 Å². The van der Waals surface area contributed by atoms with Crippen molar-refractivity contribution in [3.63, 3.8) is 0 Å². The maximum absolute atomic E-state index is 12.9. The fourth-order valence-corrected chi connectivity index (χ4v) is 3.59. The van der Waals surface area contributed by atoms with E-state index < -0.39 is 0 Å². The predicted octanol–water partition coefficient (Wildman–Crippen LogP) is 3.84. The molecule has 0 fully saturated rings. The molecule has 1 atom stereocenters. The van der Waals surface area contributed by atoms with Crippen LogP contribution in [0.15, 0.2) is 71.4 Å². The van der Waals surface area contributed by atoms with E-state index in [1.54, 1.807) is 30.6 Å². The minimum atomic E-state index is -0.216. The Morgan fingerprint density at radius 2 is 1.92 bits per heavy atom. The Morgan fingerprint density at radius 3 is 2.64 bits per heavy atom. The molecule has 2 aromatic heterocycles. The molecule has 1 amide bonds. The van der Waals surface area contributed by atoms with Crippen molar-refractivity contribution in [3.8, 4) is 5.75 Å². The number of rotatable bonds is 3. The summed E-state index contributed by atoms with van der Waals surface area (Å²) in [7, 11) is 0. The molecule has 0 saturated carbocycles. The Morgan fingerprint density at radius 1 is 1.12 bits per heavy atom. The normalized spacial score (nSPS) is 16.7. The van der Waals surface area contributed by atoms with Crippen LogP contribution in [0.25, 0.3) is 0 Å². The number of thiophene rings is 1. The average Bonchev–Trinajstić information content (AvgIpc) is 3.32. The predicted molar refractivity (Wildman–Crippen MR) is 96.7 cm³/mol. The van der Waals surface area contributed by atoms with Crippen LogP contribution in [0, 0.1) is 0 Å². The molecule has 124 valence electrons. The van der Waals surface area contributed by atoms with Gasteiger partial charge in [-0.15, -0.1) is 11.3 Å². The molecule has 0 spiro atoms. The van der Waals surface area contributed by atoms with Gasteiger partial charge in [0.15, 0.2) is 0 Å². The highest BCUT2D eigenvalue weighted by Gasteiger charge is 2.34. The number of benzene rings is 1. The zero-order chi connectivity index (χ0) is 17.2. The number of carbonyl (C=O) groups is 1. The Balaban J connectivity index is 1.75. The SMILES string of the molecule is O=C(c1cccs1)N1N=C(c2ccccc2O)C[C@@H]1c1ccncc1. The van der Waals surface area contributed by atoms with Crippen LogP contribution in [-0.4, -0.2) is 26.7 Å². The molecular weight excluding hydrogens is 334 g/mol. The number of nitrogens with zero attached hydrogens (tertiary/aromatic N) is 3. The van der Waals surface area contributed by atoms with Gasteiger partial charge in [-0.05, 0) is 41.3 Å². The third kappa shape index (κ3) is 2.92. The van der Waals surface area contributed by atoms with Gasteiger partial charge in [-0.1, -0.05) is 18.2 Å². The maximum Gasteiger partial charge on any atom is 0.284 e. The number of aromatic hydroxyl groups is 1. The summed E-state index contributed by atoms with van der Waals surface area (Å²) in [6.45, 7) is 0. The van der Waals surface area contributed by atoms with Crippen molar-refractivity contribution in [2.45, 2.75) is 12.5 Å². The number of phenols is 1. The van der Waals surface area contributed by atoms with Gasteiger partial charge in [-0.3, -0.25) is 9.78 Å². The van der Waals surface area contributed by atoms with Crippen molar-refractivity contribution in [1.29, 1.82) is 0 Å². The summed E-state index contributed by atoms with van der Waals surface area (Å²) in [6, 6.07) is 14.3. The minimum absolute atomic E-state index is 0.137. The zero-order valence-corrected chi connectivity index (χ0v) is 14.1. The number of amides is 1. The highest BCUT2D eigenvalue weighted by Crippen LogP contribution is 2.35. The second-order valence-corrected chi connectivity index (χ2v) is 6.64. The largest absolute Gasteiger partial charge is 0.507 e. The monoisotopic (exact) mass is 349 g/mol. The van der Waals surface area contributed by atoms with Crippen LogP contribution < -0.4 is 0 Å². The summed E-state index contributed by atoms with van der Waals surface area (Å²) in [5.41, 5.74) is 2.32. The number of hydrazone groups is 1. The van der Waals surface area contributed by atoms with E-state index in [4.69, 9.17) is 0 Å². The molecule has 4 rings (SSSR count). The molecule has 1 aliphatic heterocycles. The third-order valence-electron chi connectivity index (χ3n) is 4.16. The van der Waals surface area contributed by atoms with E-state index in [0.29, 0.717) is 22.6 Å². The molecule has 6 heteroatoms. The Labute approximate surface area is 148 Å². The molecule has 1 aromatic carbocycles. The summed E-state index contributed by atoms with van der Waals surface area (Å²) in [6.07, 6.45) is 3.96. The van der Waals surface area contributed by atoms with E-state index in [2.05, 4.69) is 10.1 Å². The molecule has 1 N–H and O–H groups in total. The summed E-state index contributed by atoms with van der Waals surface area (Å²) in [5, 5.41) is 18.1. The van der Waals surface area contributed by atoms with Crippen LogP contribution in [-0.2, 0) is 0 Å². The first kappa shape index (κ1) is 15.5. The molecule has 3 aromatic rings. The lowest BCUT2D eigenvalue weighted by atomic mass is 9.98. The Bertz CT molecular complexity index is 923. The van der Waals surface area contributed by atoms with Crippen molar-refractivity contribution >= 4 is 23.0 Å². The van der Waals surface area contributed by atoms with E-state index in [-0.39, 0.29) is 17.7 Å². The lowest BCUT2D eigenvalue weighted by Gasteiger charge is -2.21. The highest BCUT2D eigenvalue weighted by molar-refractivity contribution is 7.12. The van der Waals surface area contributed by atoms with E-state index in [0.717, 1.165) is 5.56 Å². The lowest BCUT2D eigenvalue weighted by Crippen LogP contribution is -2.26. The van der Waals surface area contributed by atoms with Crippen molar-refractivity contribution in [2.75, 3.05) is 0 Å². The summed E-state index contributed by atoms with van der Waals surface area (Å²) in [4.78, 5) is 17.6. The fraction of sp³-hybridized carbons (Fsp3) is 0.105. The van der Waals surface area contributed by atoms with Crippen molar-refractivity contribution < 1.29 is 9.90 Å². The summed E-state index contributed by atoms with van der Waals surface area (Å²) >= 11 is 1.39. The molecule has 5 nitrogen and oxygen atoms in total. The van der Waals surface area contributed by atoms with Crippen molar-refractivity contribution in [3.05, 3.63) is 82.3 Å². The number of hydrogen-bond acceptors (Lipinski definition) is 5. The van der Waals surface area contributed by atoms with Gasteiger partial charge in [-0.2, -0.15) is 5.10 Å². The van der Waals surface area contributed by atoms with Gasteiger partial charge in [-0.25, -0.2) is 5.01 Å². The highest BCUT2D eigenvalue weighted by atomic mass is 32.1. The number of hydrogen-bond donors (Lipinski definition) is 1. The minimum Gasteiger partial charge on any atom is -0.507 e. The molecule has 0 aliphatic carbocycles. The fourth-order valence-electron chi connectivity index (χ4n) is 2.94. The van der Waals surface area contributed by atoms with Crippen LogP contribution in [0.2, 0.25) is 0 Å². The van der Waals surface area contributed by atoms with Gasteiger partial charge in [0.2, 0.25) is 0 Å². The van der Waals surface area contributed by atoms with Crippen molar-refractivity contribution in [1.82, 2.24) is 9.99 Å². The molecule has 0 radical (unpaired) electrons. The van der Waals surface area contributed by atoms with Crippen molar-refractivity contribution in [2.24, 2.45) is 5.10 Å². The molecule has 0 saturated heterocycles. The molecular formula is C19H15N3O2S. The molecule has 1 aliphatic rings. The Hall–Kier alpha value is -2.99. The van der Waals surface area contributed by atoms with Gasteiger partial charge in [0.25, 0.3) is 5.91 Å². The summed E-state index contributed by atoms with van der Waals surface area (Å²) < 4.78 is 0. The lowest BCUT2D eigenvalue weighted by molar-refractivity contribution is 0.0716. The zero-order valence-electron chi connectivity index (χ0n) is 13.2. The summed E-state index contributed by atoms with van der Waals surface area (Å²) in [5.74, 6) is 0.0300. The number of phenolic OH excluding ortho intramolecular Hbond substituents is 1. The number of aromatic nitrogens is 1. The number of para-hydroxylation sites is 1. The standard InChI is InChI=1S/C19H15N3O2S/c23-17-5-2-1-4-14(17)15-12-16(13-7-9-20-10-8-13)22(21-15)19(24)18-6-3-11-25-18/h1-11,16,23H,12H2/t16-/m1/s1. The third-order valence-corrected chi connectivity index (χ3v) is 5.01. The smallest absolute Gasteiger partial charge is 0.284 e. The second kappa shape index (κ2) is 6.49. The van der Waals surface area contributed by atoms with Crippen LogP contribution in [0.3, 0.4) is 0 Å². The van der Waals surface area contributed by atoms with Gasteiger partial charge < -0.3 is 5.11 Å². The van der Waals surface area contributed by atoms with E-state index >= 15 is 0 Å². The average molecular weight is 349 g/mol. The molecule has 25 heavy (non-hydrogen) atoms. The van der Waals surface area contributed by atoms with Crippen LogP contribution in [0.1, 0.15) is 33.3 Å². The maximum atomic E-state index is 12.9. The van der Waals surface area contributed by atoms with Gasteiger partial charge in [0, 0.05) is 24.4 Å². The van der Waals surface area contributed by atoms with Crippen LogP contribution in [0.4, 0.5) is 0 Å². The van der Waals surface area contributed by atoms with Crippen LogP contribution in [0.5, 0.6) is 5.75 Å². The first-order valence-electron chi connectivity index (χ1n) is 7.87. The topological polar surface area (TPSA) is 65.8 Å². The van der Waals surface area contributed by atoms with Crippen LogP contribution >= 0.6 is 11.3 Å². The van der Waals surface area contributed by atoms with E-state index in [9.17, 15) is 9.90 Å². The first-order valence-corrected chi connectivity index (χ1v) is 8.75. The van der Waals surface area contributed by atoms with Gasteiger partial charge in [0.1, 0.15) is 5.75 Å². The molecule has 0 unspecified atom stereocenters. The second-order valence-electron chi connectivity index (χ2n) is 5.69. The first-order chi connectivity index (χ1) is 12.2. The van der Waals surface area contributed by atoms with Gasteiger partial charge >= 0.3 is 0 Å². The molecule has 0 bridgehead atoms. The Kier molecular flexibility index (Phi) is 4.03. The van der Waals surface area contributed by atoms with Gasteiger partial charge in [0.05, 0.1) is 16.6 Å².